The minimum Gasteiger partial charge on any atom is -0.337 e. The van der Waals surface area contributed by atoms with E-state index >= 15 is 0 Å². The number of hydrogen-bond acceptors (Lipinski definition) is 8. The lowest BCUT2D eigenvalue weighted by atomic mass is 10.3. The van der Waals surface area contributed by atoms with Crippen LogP contribution in [0.3, 0.4) is 0 Å². The maximum atomic E-state index is 12.4. The number of rotatable bonds is 8. The number of nitriles is 1. The maximum absolute atomic E-state index is 12.4. The molecule has 1 aromatic carbocycles. The fraction of sp³-hybridized carbons (Fsp3) is 0.167. The number of sulfonamides is 1. The van der Waals surface area contributed by atoms with Crippen molar-refractivity contribution in [1.82, 2.24) is 10.6 Å². The summed E-state index contributed by atoms with van der Waals surface area (Å²) in [7, 11) is -2.37. The van der Waals surface area contributed by atoms with Crippen LogP contribution in [0.5, 0.6) is 0 Å². The molecule has 28 heavy (non-hydrogen) atoms. The Balaban J connectivity index is 2.06. The summed E-state index contributed by atoms with van der Waals surface area (Å²) in [5.41, 5.74) is 4.58. The SMILES string of the molecule is CONC=C(C#N)C=CC=Nc1ccc(S(=O)(=O)Nc2onc(C)c2C)cc1. The molecule has 1 heterocycles. The summed E-state index contributed by atoms with van der Waals surface area (Å²) in [5, 5.41) is 12.6. The highest BCUT2D eigenvalue weighted by molar-refractivity contribution is 7.92. The summed E-state index contributed by atoms with van der Waals surface area (Å²) < 4.78 is 32.2. The average Bonchev–Trinajstić information content (AvgIpc) is 2.99. The van der Waals surface area contributed by atoms with E-state index in [1.807, 2.05) is 6.07 Å². The van der Waals surface area contributed by atoms with Gasteiger partial charge in [0.2, 0.25) is 5.88 Å². The number of allylic oxidation sites excluding steroid dienone is 3. The van der Waals surface area contributed by atoms with Gasteiger partial charge in [0, 0.05) is 18.0 Å². The quantitative estimate of drug-likeness (QED) is 0.301. The van der Waals surface area contributed by atoms with Gasteiger partial charge in [-0.25, -0.2) is 13.1 Å². The van der Waals surface area contributed by atoms with Crippen molar-refractivity contribution in [1.29, 1.82) is 5.26 Å². The van der Waals surface area contributed by atoms with Gasteiger partial charge in [-0.2, -0.15) is 5.26 Å². The molecule has 0 aliphatic rings. The van der Waals surface area contributed by atoms with E-state index in [1.54, 1.807) is 38.1 Å². The van der Waals surface area contributed by atoms with Gasteiger partial charge in [0.05, 0.1) is 29.0 Å². The van der Waals surface area contributed by atoms with Crippen molar-refractivity contribution in [3.8, 4) is 6.07 Å². The third-order valence-electron chi connectivity index (χ3n) is 3.58. The lowest BCUT2D eigenvalue weighted by Crippen LogP contribution is -2.12. The number of aromatic nitrogens is 1. The smallest absolute Gasteiger partial charge is 0.264 e. The summed E-state index contributed by atoms with van der Waals surface area (Å²) in [4.78, 5) is 8.86. The second kappa shape index (κ2) is 9.50. The molecule has 0 aliphatic carbocycles. The molecular formula is C18H19N5O4S. The number of aliphatic imine (C=N–C) groups is 1. The van der Waals surface area contributed by atoms with Crippen LogP contribution >= 0.6 is 0 Å². The molecule has 0 aliphatic heterocycles. The number of hydrogen-bond donors (Lipinski definition) is 2. The Labute approximate surface area is 163 Å². The van der Waals surface area contributed by atoms with E-state index in [0.29, 0.717) is 22.5 Å². The van der Waals surface area contributed by atoms with Crippen LogP contribution < -0.4 is 10.2 Å². The van der Waals surface area contributed by atoms with Crippen molar-refractivity contribution >= 4 is 27.8 Å². The molecular weight excluding hydrogens is 382 g/mol. The van der Waals surface area contributed by atoms with Gasteiger partial charge in [-0.15, -0.1) is 0 Å². The highest BCUT2D eigenvalue weighted by Gasteiger charge is 2.18. The van der Waals surface area contributed by atoms with Gasteiger partial charge in [0.25, 0.3) is 10.0 Å². The zero-order valence-electron chi connectivity index (χ0n) is 15.5. The van der Waals surface area contributed by atoms with Crippen molar-refractivity contribution in [3.63, 3.8) is 0 Å². The number of benzene rings is 1. The summed E-state index contributed by atoms with van der Waals surface area (Å²) in [6.45, 7) is 3.44. The van der Waals surface area contributed by atoms with E-state index in [1.165, 1.54) is 31.7 Å². The van der Waals surface area contributed by atoms with Gasteiger partial charge < -0.3 is 4.52 Å². The van der Waals surface area contributed by atoms with Crippen LogP contribution in [-0.2, 0) is 14.9 Å². The lowest BCUT2D eigenvalue weighted by Gasteiger charge is -2.05. The first kappa shape index (κ1) is 20.9. The number of hydroxylamine groups is 1. The summed E-state index contributed by atoms with van der Waals surface area (Å²) in [6, 6.07) is 7.95. The molecule has 0 atom stereocenters. The van der Waals surface area contributed by atoms with Crippen LogP contribution in [-0.4, -0.2) is 26.9 Å². The van der Waals surface area contributed by atoms with E-state index in [-0.39, 0.29) is 10.8 Å². The van der Waals surface area contributed by atoms with E-state index in [0.717, 1.165) is 0 Å². The van der Waals surface area contributed by atoms with Gasteiger partial charge in [0.1, 0.15) is 6.07 Å². The average molecular weight is 401 g/mol. The van der Waals surface area contributed by atoms with Gasteiger partial charge in [-0.3, -0.25) is 15.3 Å². The molecule has 0 bridgehead atoms. The summed E-state index contributed by atoms with van der Waals surface area (Å²) in [5.74, 6) is 0.0917. The van der Waals surface area contributed by atoms with Crippen LogP contribution in [0.25, 0.3) is 0 Å². The Morgan fingerprint density at radius 1 is 1.32 bits per heavy atom. The predicted octanol–water partition coefficient (Wildman–Crippen LogP) is 2.91. The number of anilines is 1. The summed E-state index contributed by atoms with van der Waals surface area (Å²) >= 11 is 0. The second-order valence-corrected chi connectivity index (χ2v) is 7.17. The van der Waals surface area contributed by atoms with Crippen molar-refractivity contribution in [2.24, 2.45) is 4.99 Å². The van der Waals surface area contributed by atoms with Gasteiger partial charge >= 0.3 is 0 Å². The monoisotopic (exact) mass is 401 g/mol. The van der Waals surface area contributed by atoms with Gasteiger partial charge in [-0.05, 0) is 50.3 Å². The third-order valence-corrected chi connectivity index (χ3v) is 4.92. The van der Waals surface area contributed by atoms with Crippen molar-refractivity contribution in [3.05, 3.63) is 59.4 Å². The summed E-state index contributed by atoms with van der Waals surface area (Å²) in [6.07, 6.45) is 6.00. The molecule has 2 N–H and O–H groups in total. The maximum Gasteiger partial charge on any atom is 0.264 e. The fourth-order valence-electron chi connectivity index (χ4n) is 1.92. The Hall–Kier alpha value is -3.42. The first-order valence-electron chi connectivity index (χ1n) is 8.02. The van der Waals surface area contributed by atoms with E-state index in [9.17, 15) is 8.42 Å². The van der Waals surface area contributed by atoms with Crippen LogP contribution in [0.15, 0.2) is 62.6 Å². The molecule has 2 rings (SSSR count). The molecule has 0 amide bonds. The first-order chi connectivity index (χ1) is 13.4. The number of nitrogens with zero attached hydrogens (tertiary/aromatic N) is 3. The lowest BCUT2D eigenvalue weighted by molar-refractivity contribution is 0.128. The molecule has 0 radical (unpaired) electrons. The highest BCUT2D eigenvalue weighted by Crippen LogP contribution is 2.23. The molecule has 0 unspecified atom stereocenters. The molecule has 0 saturated heterocycles. The van der Waals surface area contributed by atoms with Crippen molar-refractivity contribution in [2.45, 2.75) is 18.7 Å². The zero-order valence-corrected chi connectivity index (χ0v) is 16.3. The largest absolute Gasteiger partial charge is 0.337 e. The molecule has 0 spiro atoms. The Morgan fingerprint density at radius 3 is 2.61 bits per heavy atom. The normalized spacial score (nSPS) is 12.4. The van der Waals surface area contributed by atoms with Crippen LogP contribution in [0.4, 0.5) is 11.6 Å². The fourth-order valence-corrected chi connectivity index (χ4v) is 2.97. The molecule has 0 fully saturated rings. The molecule has 0 saturated carbocycles. The number of nitrogens with one attached hydrogen (secondary N) is 2. The van der Waals surface area contributed by atoms with E-state index in [2.05, 4.69) is 25.2 Å². The molecule has 9 nitrogen and oxygen atoms in total. The minimum absolute atomic E-state index is 0.0655. The van der Waals surface area contributed by atoms with Crippen LogP contribution in [0.1, 0.15) is 11.3 Å². The van der Waals surface area contributed by atoms with Crippen molar-refractivity contribution in [2.75, 3.05) is 11.8 Å². The highest BCUT2D eigenvalue weighted by atomic mass is 32.2. The van der Waals surface area contributed by atoms with Crippen molar-refractivity contribution < 1.29 is 17.8 Å². The predicted molar refractivity (Wildman–Crippen MR) is 104 cm³/mol. The standard InChI is InChI=1S/C18H19N5O4S/c1-13-14(2)22-27-18(13)23-28(24,25)17-8-6-16(7-9-17)20-10-4-5-15(11-19)12-21-26-3/h4-10,12,21,23H,1-3H3. The number of aryl methyl sites for hydroxylation is 1. The minimum atomic E-state index is -3.80. The Bertz CT molecular complexity index is 1040. The first-order valence-corrected chi connectivity index (χ1v) is 9.51. The molecule has 10 heteroatoms. The van der Waals surface area contributed by atoms with Crippen LogP contribution in [0, 0.1) is 25.2 Å². The topological polar surface area (TPSA) is 130 Å². The van der Waals surface area contributed by atoms with E-state index < -0.39 is 10.0 Å². The van der Waals surface area contributed by atoms with Gasteiger partial charge in [-0.1, -0.05) is 5.16 Å². The Morgan fingerprint density at radius 2 is 2.04 bits per heavy atom. The molecule has 1 aromatic heterocycles. The Kier molecular flexibility index (Phi) is 7.08. The zero-order chi connectivity index (χ0) is 20.6. The van der Waals surface area contributed by atoms with Gasteiger partial charge in [0.15, 0.2) is 0 Å². The van der Waals surface area contributed by atoms with Crippen LogP contribution in [0.2, 0.25) is 0 Å². The van der Waals surface area contributed by atoms with E-state index in [4.69, 9.17) is 9.78 Å². The third kappa shape index (κ3) is 5.54. The second-order valence-electron chi connectivity index (χ2n) is 5.49. The molecule has 146 valence electrons. The molecule has 2 aromatic rings.